The molecule has 6 atom stereocenters. The van der Waals surface area contributed by atoms with E-state index in [9.17, 15) is 24.6 Å². The number of amides is 2. The first-order valence-corrected chi connectivity index (χ1v) is 16.3. The van der Waals surface area contributed by atoms with Crippen molar-refractivity contribution >= 4 is 18.0 Å². The Morgan fingerprint density at radius 2 is 2.02 bits per heavy atom. The average molecular weight is 628 g/mol. The second kappa shape index (κ2) is 14.0. The van der Waals surface area contributed by atoms with Crippen LogP contribution in [-0.2, 0) is 26.2 Å². The van der Waals surface area contributed by atoms with Gasteiger partial charge in [0.1, 0.15) is 5.76 Å². The zero-order chi connectivity index (χ0) is 32.3. The smallest absolute Gasteiger partial charge is 0.415 e. The lowest BCUT2D eigenvalue weighted by molar-refractivity contribution is -0.143. The standard InChI is InChI=1S/C33H49N5O7/c1-35-25(6-4-5-13-34)30(40)36-19-22-16-21(31(41)42)11-14-38(22)32(43)45-23-8-9-24-26-17-20-7-10-27(44-3)29(39)28(20)33(24,18-23)12-15-37(26)2/h7-8,10,21-22,24-26,35,39H,4-6,9,11-19,34H2,1-3H3,(H,36,40)(H,41,42)/t21?,22?,24-,25?,26?,33?/m0/s1. The quantitative estimate of drug-likeness (QED) is 0.230. The Bertz CT molecular complexity index is 1300. The molecule has 2 fully saturated rings. The maximum absolute atomic E-state index is 13.8. The van der Waals surface area contributed by atoms with Crippen LogP contribution in [0.5, 0.6) is 11.5 Å². The Balaban J connectivity index is 1.33. The van der Waals surface area contributed by atoms with Crippen LogP contribution in [0.4, 0.5) is 4.79 Å². The van der Waals surface area contributed by atoms with Gasteiger partial charge >= 0.3 is 12.1 Å². The molecule has 2 bridgehead atoms. The van der Waals surface area contributed by atoms with E-state index in [0.29, 0.717) is 49.8 Å². The van der Waals surface area contributed by atoms with Gasteiger partial charge in [0.2, 0.25) is 5.91 Å². The summed E-state index contributed by atoms with van der Waals surface area (Å²) < 4.78 is 11.6. The molecule has 2 heterocycles. The monoisotopic (exact) mass is 627 g/mol. The van der Waals surface area contributed by atoms with E-state index in [1.807, 2.05) is 18.2 Å². The Morgan fingerprint density at radius 3 is 2.73 bits per heavy atom. The Labute approximate surface area is 265 Å². The number of phenols is 1. The van der Waals surface area contributed by atoms with E-state index in [1.165, 1.54) is 0 Å². The molecule has 5 unspecified atom stereocenters. The SMILES string of the molecule is CNC(CCCCN)C(=O)NCC1CC(C(=O)O)CCN1C(=O)OC1=CC[C@H]2C3Cc4ccc(OC)c(O)c4C2(CCN3C)C1. The fourth-order valence-corrected chi connectivity index (χ4v) is 8.27. The fraction of sp³-hybridized carbons (Fsp3) is 0.667. The van der Waals surface area contributed by atoms with E-state index in [2.05, 4.69) is 22.6 Å². The number of piperidine rings is 2. The number of methoxy groups -OCH3 is 1. The molecule has 2 amide bonds. The van der Waals surface area contributed by atoms with Gasteiger partial charge in [-0.3, -0.25) is 9.59 Å². The third-order valence-corrected chi connectivity index (χ3v) is 10.8. The lowest BCUT2D eigenvalue weighted by Crippen LogP contribution is -2.60. The lowest BCUT2D eigenvalue weighted by Gasteiger charge is -2.57. The van der Waals surface area contributed by atoms with E-state index in [4.69, 9.17) is 15.2 Å². The van der Waals surface area contributed by atoms with Crippen LogP contribution in [0.15, 0.2) is 24.0 Å². The number of nitrogens with one attached hydrogen (secondary N) is 2. The van der Waals surface area contributed by atoms with Gasteiger partial charge < -0.3 is 45.9 Å². The number of phenolic OH excluding ortho intramolecular Hbond substituents is 1. The predicted molar refractivity (Wildman–Crippen MR) is 168 cm³/mol. The molecule has 248 valence electrons. The van der Waals surface area contributed by atoms with Crippen molar-refractivity contribution in [1.29, 1.82) is 0 Å². The van der Waals surface area contributed by atoms with Crippen molar-refractivity contribution in [3.05, 3.63) is 35.1 Å². The van der Waals surface area contributed by atoms with Crippen LogP contribution in [0.1, 0.15) is 62.5 Å². The number of aromatic hydroxyl groups is 1. The predicted octanol–water partition coefficient (Wildman–Crippen LogP) is 2.33. The zero-order valence-corrected chi connectivity index (χ0v) is 26.7. The molecule has 2 aliphatic heterocycles. The van der Waals surface area contributed by atoms with Crippen molar-refractivity contribution in [3.8, 4) is 11.5 Å². The van der Waals surface area contributed by atoms with Gasteiger partial charge in [0, 0.05) is 36.5 Å². The molecular formula is C33H49N5O7. The molecule has 45 heavy (non-hydrogen) atoms. The maximum atomic E-state index is 13.8. The van der Waals surface area contributed by atoms with Crippen LogP contribution < -0.4 is 21.1 Å². The number of hydrogen-bond acceptors (Lipinski definition) is 9. The second-order valence-corrected chi connectivity index (χ2v) is 13.1. The van der Waals surface area contributed by atoms with Gasteiger partial charge in [0.25, 0.3) is 0 Å². The first-order valence-electron chi connectivity index (χ1n) is 16.3. The van der Waals surface area contributed by atoms with Crippen LogP contribution in [0, 0.1) is 11.8 Å². The summed E-state index contributed by atoms with van der Waals surface area (Å²) in [5.74, 6) is -0.275. The third kappa shape index (κ3) is 6.50. The van der Waals surface area contributed by atoms with Crippen LogP contribution in [-0.4, -0.2) is 103 Å². The molecular weight excluding hydrogens is 578 g/mol. The highest BCUT2D eigenvalue weighted by Crippen LogP contribution is 2.59. The summed E-state index contributed by atoms with van der Waals surface area (Å²) in [7, 11) is 5.44. The molecule has 0 spiro atoms. The van der Waals surface area contributed by atoms with Crippen LogP contribution in [0.25, 0.3) is 0 Å². The number of carbonyl (C=O) groups is 3. The van der Waals surface area contributed by atoms with Crippen molar-refractivity contribution in [1.82, 2.24) is 20.4 Å². The fourth-order valence-electron chi connectivity index (χ4n) is 8.27. The van der Waals surface area contributed by atoms with Crippen molar-refractivity contribution in [3.63, 3.8) is 0 Å². The number of benzene rings is 1. The first-order chi connectivity index (χ1) is 21.6. The Hall–Kier alpha value is -3.35. The number of unbranched alkanes of at least 4 members (excludes halogenated alkanes) is 1. The lowest BCUT2D eigenvalue weighted by atomic mass is 9.53. The topological polar surface area (TPSA) is 167 Å². The van der Waals surface area contributed by atoms with E-state index in [-0.39, 0.29) is 37.1 Å². The van der Waals surface area contributed by atoms with Gasteiger partial charge in [-0.1, -0.05) is 12.5 Å². The number of nitrogens with two attached hydrogens (primary N) is 1. The molecule has 0 aromatic heterocycles. The van der Waals surface area contributed by atoms with Gasteiger partial charge in [-0.15, -0.1) is 0 Å². The average Bonchev–Trinajstić information content (AvgIpc) is 3.03. The number of carboxylic acid groups (broad SMARTS) is 1. The summed E-state index contributed by atoms with van der Waals surface area (Å²) in [4.78, 5) is 42.6. The summed E-state index contributed by atoms with van der Waals surface area (Å²) in [5.41, 5.74) is 7.21. The minimum absolute atomic E-state index is 0.132. The Morgan fingerprint density at radius 1 is 1.22 bits per heavy atom. The molecule has 2 aliphatic carbocycles. The number of carbonyl (C=O) groups excluding carboxylic acids is 2. The molecule has 1 aromatic carbocycles. The molecule has 12 heteroatoms. The maximum Gasteiger partial charge on any atom is 0.415 e. The molecule has 0 radical (unpaired) electrons. The number of nitrogens with zero attached hydrogens (tertiary/aromatic N) is 2. The van der Waals surface area contributed by atoms with Crippen LogP contribution in [0.2, 0.25) is 0 Å². The highest BCUT2D eigenvalue weighted by Gasteiger charge is 2.55. The van der Waals surface area contributed by atoms with E-state index in [0.717, 1.165) is 43.4 Å². The number of ether oxygens (including phenoxy) is 2. The normalized spacial score (nSPS) is 28.3. The van der Waals surface area contributed by atoms with Crippen molar-refractivity contribution in [2.24, 2.45) is 17.6 Å². The van der Waals surface area contributed by atoms with Gasteiger partial charge in [0.15, 0.2) is 11.5 Å². The van der Waals surface area contributed by atoms with Gasteiger partial charge in [0.05, 0.1) is 25.1 Å². The van der Waals surface area contributed by atoms with Crippen molar-refractivity contribution in [2.75, 3.05) is 47.4 Å². The molecule has 6 N–H and O–H groups in total. The van der Waals surface area contributed by atoms with Crippen molar-refractivity contribution in [2.45, 2.75) is 81.3 Å². The molecule has 12 nitrogen and oxygen atoms in total. The zero-order valence-electron chi connectivity index (χ0n) is 26.7. The number of likely N-dealkylation sites (tertiary alicyclic amines) is 2. The highest BCUT2D eigenvalue weighted by atomic mass is 16.6. The minimum Gasteiger partial charge on any atom is -0.504 e. The largest absolute Gasteiger partial charge is 0.504 e. The van der Waals surface area contributed by atoms with Crippen molar-refractivity contribution < 1.29 is 34.1 Å². The highest BCUT2D eigenvalue weighted by molar-refractivity contribution is 5.82. The summed E-state index contributed by atoms with van der Waals surface area (Å²) in [6.07, 6.45) is 7.10. The summed E-state index contributed by atoms with van der Waals surface area (Å²) in [6, 6.07) is 3.25. The van der Waals surface area contributed by atoms with Gasteiger partial charge in [-0.05, 0) is 95.8 Å². The first kappa shape index (κ1) is 33.0. The van der Waals surface area contributed by atoms with Crippen LogP contribution >= 0.6 is 0 Å². The number of fused-ring (bicyclic) bond motifs is 1. The van der Waals surface area contributed by atoms with E-state index in [1.54, 1.807) is 19.1 Å². The molecule has 5 rings (SSSR count). The second-order valence-electron chi connectivity index (χ2n) is 13.1. The minimum atomic E-state index is -0.905. The molecule has 4 aliphatic rings. The Kier molecular flexibility index (Phi) is 10.2. The number of likely N-dealkylation sites (N-methyl/N-ethyl adjacent to an activating group) is 2. The van der Waals surface area contributed by atoms with E-state index >= 15 is 0 Å². The summed E-state index contributed by atoms with van der Waals surface area (Å²) in [6.45, 7) is 1.78. The third-order valence-electron chi connectivity index (χ3n) is 10.8. The van der Waals surface area contributed by atoms with Gasteiger partial charge in [-0.25, -0.2) is 4.79 Å². The number of allylic oxidation sites excluding steroid dienone is 2. The number of aliphatic carboxylic acids is 1. The van der Waals surface area contributed by atoms with Crippen LogP contribution in [0.3, 0.4) is 0 Å². The summed E-state index contributed by atoms with van der Waals surface area (Å²) in [5, 5.41) is 27.1. The number of hydrogen-bond donors (Lipinski definition) is 5. The van der Waals surface area contributed by atoms with Gasteiger partial charge in [-0.2, -0.15) is 0 Å². The number of carboxylic acids is 1. The van der Waals surface area contributed by atoms with E-state index < -0.39 is 35.5 Å². The summed E-state index contributed by atoms with van der Waals surface area (Å²) >= 11 is 0. The molecule has 2 saturated heterocycles. The molecule has 0 saturated carbocycles. The number of rotatable bonds is 11. The molecule has 1 aromatic rings.